The maximum Gasteiger partial charge on any atom is 0.170 e. The van der Waals surface area contributed by atoms with Crippen LogP contribution in [0.1, 0.15) is 6.42 Å². The molecule has 106 valence electrons. The van der Waals surface area contributed by atoms with Crippen LogP contribution in [-0.4, -0.2) is 45.0 Å². The molecule has 2 rings (SSSR count). The highest BCUT2D eigenvalue weighted by Crippen LogP contribution is 2.12. The number of aromatic nitrogens is 1. The number of pyridine rings is 1. The third kappa shape index (κ3) is 4.77. The van der Waals surface area contributed by atoms with Crippen LogP contribution in [0.2, 0.25) is 0 Å². The molecule has 0 atom stereocenters. The van der Waals surface area contributed by atoms with Gasteiger partial charge in [-0.05, 0) is 0 Å². The van der Waals surface area contributed by atoms with Crippen molar-refractivity contribution < 1.29 is 22.3 Å². The molecular weight excluding hydrogens is 268 g/mol. The molecule has 1 aliphatic rings. The van der Waals surface area contributed by atoms with Crippen LogP contribution < -0.4 is 9.47 Å². The predicted molar refractivity (Wildman–Crippen MR) is 68.9 cm³/mol. The molecule has 7 heteroatoms. The van der Waals surface area contributed by atoms with Crippen molar-refractivity contribution >= 4 is 15.8 Å². The van der Waals surface area contributed by atoms with E-state index in [4.69, 9.17) is 4.74 Å². The van der Waals surface area contributed by atoms with Crippen molar-refractivity contribution in [3.8, 4) is 0 Å². The number of rotatable bonds is 5. The van der Waals surface area contributed by atoms with Crippen LogP contribution in [0.4, 0.5) is 5.69 Å². The largest absolute Gasteiger partial charge is 0.748 e. The zero-order valence-electron chi connectivity index (χ0n) is 10.7. The summed E-state index contributed by atoms with van der Waals surface area (Å²) in [6.45, 7) is 3.80. The molecule has 1 aromatic rings. The minimum Gasteiger partial charge on any atom is -0.748 e. The van der Waals surface area contributed by atoms with E-state index in [1.807, 2.05) is 29.1 Å². The summed E-state index contributed by atoms with van der Waals surface area (Å²) in [5.41, 5.74) is 1.14. The van der Waals surface area contributed by atoms with Gasteiger partial charge in [0, 0.05) is 43.1 Å². The Morgan fingerprint density at radius 1 is 1.26 bits per heavy atom. The van der Waals surface area contributed by atoms with E-state index in [0.717, 1.165) is 32.0 Å². The fraction of sp³-hybridized carbons (Fsp3) is 0.583. The van der Waals surface area contributed by atoms with Crippen molar-refractivity contribution in [3.05, 3.63) is 24.5 Å². The van der Waals surface area contributed by atoms with Gasteiger partial charge in [0.25, 0.3) is 0 Å². The summed E-state index contributed by atoms with van der Waals surface area (Å²) in [6, 6.07) is 3.99. The molecule has 1 fully saturated rings. The summed E-state index contributed by atoms with van der Waals surface area (Å²) >= 11 is 0. The van der Waals surface area contributed by atoms with Gasteiger partial charge in [0.05, 0.1) is 23.3 Å². The molecule has 1 aromatic heterocycles. The molecule has 6 nitrogen and oxygen atoms in total. The first kappa shape index (κ1) is 14.2. The van der Waals surface area contributed by atoms with E-state index < -0.39 is 10.1 Å². The van der Waals surface area contributed by atoms with Crippen molar-refractivity contribution in [3.63, 3.8) is 0 Å². The summed E-state index contributed by atoms with van der Waals surface area (Å²) in [5, 5.41) is 0. The van der Waals surface area contributed by atoms with Gasteiger partial charge in [-0.15, -0.1) is 0 Å². The van der Waals surface area contributed by atoms with Crippen LogP contribution in [0.15, 0.2) is 24.5 Å². The Labute approximate surface area is 113 Å². The second-order valence-electron chi connectivity index (χ2n) is 4.51. The third-order valence-electron chi connectivity index (χ3n) is 3.06. The molecule has 0 aromatic carbocycles. The normalized spacial score (nSPS) is 16.6. The van der Waals surface area contributed by atoms with Gasteiger partial charge in [-0.3, -0.25) is 0 Å². The first-order valence-corrected chi connectivity index (χ1v) is 7.88. The average molecular weight is 286 g/mol. The highest BCUT2D eigenvalue weighted by molar-refractivity contribution is 7.85. The fourth-order valence-corrected chi connectivity index (χ4v) is 2.54. The number of nitrogens with zero attached hydrogens (tertiary/aromatic N) is 2. The van der Waals surface area contributed by atoms with Crippen LogP contribution >= 0.6 is 0 Å². The third-order valence-corrected chi connectivity index (χ3v) is 3.85. The Bertz CT molecular complexity index is 495. The van der Waals surface area contributed by atoms with E-state index >= 15 is 0 Å². The Morgan fingerprint density at radius 3 is 2.47 bits per heavy atom. The zero-order valence-corrected chi connectivity index (χ0v) is 11.5. The molecule has 0 unspecified atom stereocenters. The number of anilines is 1. The minimum absolute atomic E-state index is 0.314. The predicted octanol–water partition coefficient (Wildman–Crippen LogP) is -0.254. The topological polar surface area (TPSA) is 73.6 Å². The Hall–Kier alpha value is -1.18. The van der Waals surface area contributed by atoms with E-state index in [2.05, 4.69) is 4.90 Å². The molecule has 0 N–H and O–H groups in total. The molecule has 0 amide bonds. The minimum atomic E-state index is -4.11. The summed E-state index contributed by atoms with van der Waals surface area (Å²) in [7, 11) is -4.11. The standard InChI is InChI=1S/C12H18N2O4S/c15-19(16,17)11-1-4-13-5-2-12(3-6-13)14-7-9-18-10-8-14/h2-3,5-6H,1,4,7-11H2. The van der Waals surface area contributed by atoms with Gasteiger partial charge in [-0.2, -0.15) is 0 Å². The maximum atomic E-state index is 10.5. The van der Waals surface area contributed by atoms with Gasteiger partial charge in [-0.25, -0.2) is 13.0 Å². The van der Waals surface area contributed by atoms with Crippen molar-refractivity contribution in [2.75, 3.05) is 37.0 Å². The first-order valence-electron chi connectivity index (χ1n) is 6.30. The second kappa shape index (κ2) is 6.31. The lowest BCUT2D eigenvalue weighted by molar-refractivity contribution is -0.696. The van der Waals surface area contributed by atoms with E-state index in [1.165, 1.54) is 0 Å². The summed E-state index contributed by atoms with van der Waals surface area (Å²) in [4.78, 5) is 2.25. The highest BCUT2D eigenvalue weighted by Gasteiger charge is 2.12. The number of hydrogen-bond donors (Lipinski definition) is 0. The Balaban J connectivity index is 1.87. The average Bonchev–Trinajstić information content (AvgIpc) is 2.39. The molecule has 0 bridgehead atoms. The van der Waals surface area contributed by atoms with Crippen LogP contribution in [0.5, 0.6) is 0 Å². The Kier molecular flexibility index (Phi) is 4.73. The molecule has 0 aliphatic carbocycles. The molecule has 1 aliphatic heterocycles. The van der Waals surface area contributed by atoms with E-state index in [1.54, 1.807) is 0 Å². The number of ether oxygens (including phenoxy) is 1. The molecule has 19 heavy (non-hydrogen) atoms. The van der Waals surface area contributed by atoms with Crippen LogP contribution in [-0.2, 0) is 21.4 Å². The molecule has 0 saturated carbocycles. The van der Waals surface area contributed by atoms with Crippen molar-refractivity contribution in [2.24, 2.45) is 0 Å². The molecule has 0 spiro atoms. The van der Waals surface area contributed by atoms with Gasteiger partial charge in [0.15, 0.2) is 12.4 Å². The summed E-state index contributed by atoms with van der Waals surface area (Å²) in [5.74, 6) is -0.314. The summed E-state index contributed by atoms with van der Waals surface area (Å²) < 4.78 is 38.7. The van der Waals surface area contributed by atoms with Gasteiger partial charge < -0.3 is 14.2 Å². The van der Waals surface area contributed by atoms with Crippen LogP contribution in [0.3, 0.4) is 0 Å². The number of aryl methyl sites for hydroxylation is 1. The lowest BCUT2D eigenvalue weighted by Crippen LogP contribution is -2.38. The number of morpholine rings is 1. The fourth-order valence-electron chi connectivity index (χ4n) is 2.05. The smallest absolute Gasteiger partial charge is 0.170 e. The Morgan fingerprint density at radius 2 is 1.89 bits per heavy atom. The molecule has 2 heterocycles. The van der Waals surface area contributed by atoms with Crippen molar-refractivity contribution in [2.45, 2.75) is 13.0 Å². The summed E-state index contributed by atoms with van der Waals surface area (Å²) in [6.07, 6.45) is 4.15. The highest BCUT2D eigenvalue weighted by atomic mass is 32.2. The molecule has 0 radical (unpaired) electrons. The maximum absolute atomic E-state index is 10.5. The second-order valence-corrected chi connectivity index (χ2v) is 6.03. The van der Waals surface area contributed by atoms with Gasteiger partial charge in [-0.1, -0.05) is 0 Å². The van der Waals surface area contributed by atoms with Crippen LogP contribution in [0, 0.1) is 0 Å². The SMILES string of the molecule is O=S(=O)([O-])CCC[n+]1ccc(N2CCOCC2)cc1. The molecule has 1 saturated heterocycles. The quantitative estimate of drug-likeness (QED) is 0.551. The number of hydrogen-bond acceptors (Lipinski definition) is 5. The lowest BCUT2D eigenvalue weighted by atomic mass is 10.3. The van der Waals surface area contributed by atoms with E-state index in [0.29, 0.717) is 13.0 Å². The van der Waals surface area contributed by atoms with E-state index in [9.17, 15) is 13.0 Å². The van der Waals surface area contributed by atoms with Gasteiger partial charge in [0.2, 0.25) is 0 Å². The van der Waals surface area contributed by atoms with Gasteiger partial charge in [0.1, 0.15) is 6.54 Å². The monoisotopic (exact) mass is 286 g/mol. The van der Waals surface area contributed by atoms with Crippen molar-refractivity contribution in [1.29, 1.82) is 0 Å². The first-order chi connectivity index (χ1) is 9.04. The van der Waals surface area contributed by atoms with Gasteiger partial charge >= 0.3 is 0 Å². The van der Waals surface area contributed by atoms with Crippen LogP contribution in [0.25, 0.3) is 0 Å². The van der Waals surface area contributed by atoms with Crippen molar-refractivity contribution in [1.82, 2.24) is 0 Å². The zero-order chi connectivity index (χ0) is 13.7. The van der Waals surface area contributed by atoms with E-state index in [-0.39, 0.29) is 5.75 Å². The lowest BCUT2D eigenvalue weighted by Gasteiger charge is -2.28. The molecular formula is C12H18N2O4S.